The molecule has 1 saturated heterocycles. The molecule has 1 aromatic rings. The van der Waals surface area contributed by atoms with Gasteiger partial charge in [0.15, 0.2) is 5.13 Å². The Morgan fingerprint density at radius 3 is 3.00 bits per heavy atom. The van der Waals surface area contributed by atoms with E-state index in [1.54, 1.807) is 16.2 Å². The van der Waals surface area contributed by atoms with Gasteiger partial charge in [0.1, 0.15) is 0 Å². The van der Waals surface area contributed by atoms with Crippen molar-refractivity contribution < 1.29 is 9.90 Å². The van der Waals surface area contributed by atoms with Gasteiger partial charge in [-0.25, -0.2) is 4.98 Å². The number of aliphatic hydroxyl groups excluding tert-OH is 1. The van der Waals surface area contributed by atoms with E-state index in [1.165, 1.54) is 4.88 Å². The normalized spacial score (nSPS) is 24.3. The van der Waals surface area contributed by atoms with Gasteiger partial charge in [-0.3, -0.25) is 4.79 Å². The summed E-state index contributed by atoms with van der Waals surface area (Å²) in [7, 11) is 1.83. The van der Waals surface area contributed by atoms with Crippen molar-refractivity contribution >= 4 is 22.4 Å². The van der Waals surface area contributed by atoms with E-state index in [0.29, 0.717) is 6.54 Å². The molecule has 1 fully saturated rings. The van der Waals surface area contributed by atoms with Crippen LogP contribution in [0.15, 0.2) is 0 Å². The number of rotatable bonds is 1. The minimum Gasteiger partial charge on any atom is -0.387 e. The molecule has 0 aromatic carbocycles. The van der Waals surface area contributed by atoms with Gasteiger partial charge in [-0.1, -0.05) is 0 Å². The molecule has 18 heavy (non-hydrogen) atoms. The molecule has 98 valence electrons. The number of likely N-dealkylation sites (N-methyl/N-ethyl adjacent to an activating group) is 1. The maximum Gasteiger partial charge on any atom is 0.241 e. The molecule has 1 aliphatic carbocycles. The number of aromatic nitrogens is 1. The van der Waals surface area contributed by atoms with Crippen LogP contribution in [0.1, 0.15) is 29.5 Å². The molecule has 1 unspecified atom stereocenters. The first-order valence-corrected chi connectivity index (χ1v) is 7.13. The molecule has 1 amide bonds. The third-order valence-corrected chi connectivity index (χ3v) is 4.83. The third kappa shape index (κ3) is 1.99. The molecule has 1 atom stereocenters. The second kappa shape index (κ2) is 4.51. The van der Waals surface area contributed by atoms with Crippen LogP contribution in [0, 0.1) is 0 Å². The molecule has 1 aromatic heterocycles. The van der Waals surface area contributed by atoms with Crippen LogP contribution in [0.5, 0.6) is 0 Å². The number of fused-ring (bicyclic) bond motifs is 1. The highest BCUT2D eigenvalue weighted by Crippen LogP contribution is 2.36. The molecule has 0 radical (unpaired) electrons. The fourth-order valence-electron chi connectivity index (χ4n) is 2.44. The van der Waals surface area contributed by atoms with E-state index >= 15 is 0 Å². The van der Waals surface area contributed by atoms with E-state index < -0.39 is 6.10 Å². The van der Waals surface area contributed by atoms with Gasteiger partial charge in [-0.05, 0) is 19.3 Å². The largest absolute Gasteiger partial charge is 0.387 e. The Hall–Kier alpha value is -1.14. The highest BCUT2D eigenvalue weighted by molar-refractivity contribution is 7.15. The summed E-state index contributed by atoms with van der Waals surface area (Å²) in [4.78, 5) is 21.2. The molecule has 0 spiro atoms. The molecule has 1 aliphatic heterocycles. The number of hydrogen-bond acceptors (Lipinski definition) is 5. The zero-order valence-corrected chi connectivity index (χ0v) is 11.2. The number of aliphatic hydroxyl groups is 1. The first kappa shape index (κ1) is 11.9. The number of amides is 1. The van der Waals surface area contributed by atoms with Gasteiger partial charge in [0.2, 0.25) is 5.91 Å². The van der Waals surface area contributed by atoms with Crippen LogP contribution in [0.4, 0.5) is 5.13 Å². The third-order valence-electron chi connectivity index (χ3n) is 3.64. The summed E-state index contributed by atoms with van der Waals surface area (Å²) in [6.45, 7) is 1.97. The molecular weight excluding hydrogens is 250 g/mol. The highest BCUT2D eigenvalue weighted by Gasteiger charge is 2.27. The number of nitrogens with zero attached hydrogens (tertiary/aromatic N) is 3. The molecule has 3 rings (SSSR count). The van der Waals surface area contributed by atoms with E-state index in [2.05, 4.69) is 4.98 Å². The Kier molecular flexibility index (Phi) is 2.99. The summed E-state index contributed by atoms with van der Waals surface area (Å²) in [6.07, 6.45) is 2.42. The molecule has 1 N–H and O–H groups in total. The minimum atomic E-state index is -0.415. The lowest BCUT2D eigenvalue weighted by Gasteiger charge is -2.31. The number of thiazole rings is 1. The first-order valence-electron chi connectivity index (χ1n) is 6.31. The van der Waals surface area contributed by atoms with Gasteiger partial charge in [0.05, 0.1) is 18.3 Å². The smallest absolute Gasteiger partial charge is 0.241 e. The quantitative estimate of drug-likeness (QED) is 0.817. The van der Waals surface area contributed by atoms with Crippen molar-refractivity contribution in [3.05, 3.63) is 10.6 Å². The minimum absolute atomic E-state index is 0.134. The summed E-state index contributed by atoms with van der Waals surface area (Å²) in [5.74, 6) is 0.134. The van der Waals surface area contributed by atoms with Crippen molar-refractivity contribution in [2.75, 3.05) is 31.6 Å². The van der Waals surface area contributed by atoms with Gasteiger partial charge in [0.25, 0.3) is 0 Å². The van der Waals surface area contributed by atoms with Crippen molar-refractivity contribution in [2.24, 2.45) is 0 Å². The predicted octanol–water partition coefficient (Wildman–Crippen LogP) is 0.791. The van der Waals surface area contributed by atoms with Gasteiger partial charge in [-0.15, -0.1) is 11.3 Å². The van der Waals surface area contributed by atoms with Gasteiger partial charge in [-0.2, -0.15) is 0 Å². The molecule has 0 bridgehead atoms. The average Bonchev–Trinajstić information content (AvgIpc) is 2.78. The number of aryl methyl sites for hydroxylation is 1. The maximum absolute atomic E-state index is 11.7. The Bertz CT molecular complexity index is 474. The number of carbonyl (C=O) groups excluding carboxylic acids is 1. The van der Waals surface area contributed by atoms with Crippen LogP contribution in [0.2, 0.25) is 0 Å². The zero-order valence-electron chi connectivity index (χ0n) is 10.4. The van der Waals surface area contributed by atoms with Crippen LogP contribution >= 0.6 is 11.3 Å². The highest BCUT2D eigenvalue weighted by atomic mass is 32.1. The second-order valence-corrected chi connectivity index (χ2v) is 6.01. The number of hydrogen-bond donors (Lipinski definition) is 1. The molecule has 0 saturated carbocycles. The average molecular weight is 267 g/mol. The first-order chi connectivity index (χ1) is 8.65. The van der Waals surface area contributed by atoms with Gasteiger partial charge >= 0.3 is 0 Å². The number of piperazine rings is 1. The Morgan fingerprint density at radius 1 is 1.44 bits per heavy atom. The Morgan fingerprint density at radius 2 is 2.28 bits per heavy atom. The van der Waals surface area contributed by atoms with Crippen molar-refractivity contribution in [2.45, 2.75) is 25.4 Å². The van der Waals surface area contributed by atoms with Crippen LogP contribution in [0.25, 0.3) is 0 Å². The van der Waals surface area contributed by atoms with E-state index in [9.17, 15) is 9.90 Å². The Labute approximate surface area is 110 Å². The Balaban J connectivity index is 1.83. The molecule has 6 heteroatoms. The number of carbonyl (C=O) groups is 1. The topological polar surface area (TPSA) is 56.7 Å². The fraction of sp³-hybridized carbons (Fsp3) is 0.667. The van der Waals surface area contributed by atoms with Gasteiger partial charge < -0.3 is 14.9 Å². The summed E-state index contributed by atoms with van der Waals surface area (Å²) < 4.78 is 0. The molecule has 2 aliphatic rings. The van der Waals surface area contributed by atoms with E-state index in [0.717, 1.165) is 43.2 Å². The zero-order chi connectivity index (χ0) is 12.7. The lowest BCUT2D eigenvalue weighted by atomic mass is 10.0. The van der Waals surface area contributed by atoms with Crippen molar-refractivity contribution in [3.63, 3.8) is 0 Å². The monoisotopic (exact) mass is 267 g/mol. The van der Waals surface area contributed by atoms with Crippen LogP contribution in [-0.2, 0) is 11.2 Å². The van der Waals surface area contributed by atoms with E-state index in [4.69, 9.17) is 0 Å². The predicted molar refractivity (Wildman–Crippen MR) is 69.9 cm³/mol. The van der Waals surface area contributed by atoms with Crippen LogP contribution in [0.3, 0.4) is 0 Å². The standard InChI is InChI=1S/C12H17N3O2S/c1-14-5-6-15(7-10(14)17)12-13-11-8(16)3-2-4-9(11)18-12/h8,16H,2-7H2,1H3. The van der Waals surface area contributed by atoms with Crippen LogP contribution < -0.4 is 4.90 Å². The second-order valence-electron chi connectivity index (χ2n) is 4.95. The summed E-state index contributed by atoms with van der Waals surface area (Å²) >= 11 is 1.63. The summed E-state index contributed by atoms with van der Waals surface area (Å²) in [6, 6.07) is 0. The van der Waals surface area contributed by atoms with Crippen molar-refractivity contribution in [3.8, 4) is 0 Å². The van der Waals surface area contributed by atoms with Crippen LogP contribution in [-0.4, -0.2) is 47.6 Å². The molecule has 5 nitrogen and oxygen atoms in total. The lowest BCUT2D eigenvalue weighted by Crippen LogP contribution is -2.48. The van der Waals surface area contributed by atoms with Gasteiger partial charge in [0, 0.05) is 25.0 Å². The lowest BCUT2D eigenvalue weighted by molar-refractivity contribution is -0.129. The van der Waals surface area contributed by atoms with Crippen molar-refractivity contribution in [1.82, 2.24) is 9.88 Å². The molecular formula is C12H17N3O2S. The molecule has 2 heterocycles. The summed E-state index contributed by atoms with van der Waals surface area (Å²) in [5.41, 5.74) is 0.840. The SMILES string of the molecule is CN1CCN(c2nc3c(s2)CCCC3O)CC1=O. The summed E-state index contributed by atoms with van der Waals surface area (Å²) in [5, 5.41) is 10.8. The number of anilines is 1. The maximum atomic E-state index is 11.7. The van der Waals surface area contributed by atoms with E-state index in [1.807, 2.05) is 11.9 Å². The van der Waals surface area contributed by atoms with Crippen molar-refractivity contribution in [1.29, 1.82) is 0 Å². The fourth-order valence-corrected chi connectivity index (χ4v) is 3.62. The van der Waals surface area contributed by atoms with E-state index in [-0.39, 0.29) is 5.91 Å².